The summed E-state index contributed by atoms with van der Waals surface area (Å²) in [6, 6.07) is 12.5. The predicted molar refractivity (Wildman–Crippen MR) is 96.9 cm³/mol. The Balaban J connectivity index is 1.79. The van der Waals surface area contributed by atoms with E-state index in [1.54, 1.807) is 19.2 Å². The monoisotopic (exact) mass is 375 g/mol. The standard InChI is InChI=1S/C20H22FNO5/c1-13(19(23)22-12-15-4-8-17(25-3)9-5-15)27-20(24)14(2)26-18-10-6-16(21)7-11-18/h4-11,13-14H,12H2,1-3H3,(H,22,23)/t13-,14+/m0/s1. The van der Waals surface area contributed by atoms with Gasteiger partial charge in [0.1, 0.15) is 17.3 Å². The van der Waals surface area contributed by atoms with E-state index in [0.717, 1.165) is 11.3 Å². The van der Waals surface area contributed by atoms with Gasteiger partial charge in [0.05, 0.1) is 7.11 Å². The van der Waals surface area contributed by atoms with Crippen LogP contribution in [-0.2, 0) is 20.9 Å². The second kappa shape index (κ2) is 9.56. The first-order chi connectivity index (χ1) is 12.9. The van der Waals surface area contributed by atoms with Crippen molar-refractivity contribution in [3.63, 3.8) is 0 Å². The largest absolute Gasteiger partial charge is 0.497 e. The lowest BCUT2D eigenvalue weighted by Gasteiger charge is -2.18. The number of methoxy groups -OCH3 is 1. The highest BCUT2D eigenvalue weighted by Gasteiger charge is 2.23. The van der Waals surface area contributed by atoms with Gasteiger partial charge in [-0.05, 0) is 55.8 Å². The van der Waals surface area contributed by atoms with Crippen LogP contribution in [0.3, 0.4) is 0 Å². The summed E-state index contributed by atoms with van der Waals surface area (Å²) in [5, 5.41) is 2.70. The van der Waals surface area contributed by atoms with Crippen molar-refractivity contribution in [1.29, 1.82) is 0 Å². The van der Waals surface area contributed by atoms with Crippen LogP contribution in [0.25, 0.3) is 0 Å². The SMILES string of the molecule is COc1ccc(CNC(=O)[C@H](C)OC(=O)[C@@H](C)Oc2ccc(F)cc2)cc1. The smallest absolute Gasteiger partial charge is 0.347 e. The molecule has 2 rings (SSSR count). The molecular formula is C20H22FNO5. The minimum atomic E-state index is -0.977. The molecule has 0 unspecified atom stereocenters. The third-order valence-electron chi connectivity index (χ3n) is 3.75. The van der Waals surface area contributed by atoms with Gasteiger partial charge in [-0.1, -0.05) is 12.1 Å². The van der Waals surface area contributed by atoms with Gasteiger partial charge in [-0.15, -0.1) is 0 Å². The summed E-state index contributed by atoms with van der Waals surface area (Å²) < 4.78 is 28.5. The molecule has 2 atom stereocenters. The van der Waals surface area contributed by atoms with Crippen LogP contribution in [0.15, 0.2) is 48.5 Å². The lowest BCUT2D eigenvalue weighted by molar-refractivity contribution is -0.160. The van der Waals surface area contributed by atoms with Gasteiger partial charge in [-0.3, -0.25) is 4.79 Å². The van der Waals surface area contributed by atoms with E-state index in [4.69, 9.17) is 14.2 Å². The molecule has 7 heteroatoms. The Hall–Kier alpha value is -3.09. The molecule has 0 aliphatic heterocycles. The van der Waals surface area contributed by atoms with Crippen LogP contribution in [0.4, 0.5) is 4.39 Å². The summed E-state index contributed by atoms with van der Waals surface area (Å²) in [6.45, 7) is 3.27. The summed E-state index contributed by atoms with van der Waals surface area (Å²) in [7, 11) is 1.58. The average Bonchev–Trinajstić information content (AvgIpc) is 2.68. The predicted octanol–water partition coefficient (Wildman–Crippen LogP) is 2.85. The lowest BCUT2D eigenvalue weighted by atomic mass is 10.2. The number of hydrogen-bond donors (Lipinski definition) is 1. The van der Waals surface area contributed by atoms with Crippen molar-refractivity contribution in [2.45, 2.75) is 32.6 Å². The summed E-state index contributed by atoms with van der Waals surface area (Å²) in [4.78, 5) is 24.2. The molecule has 0 aromatic heterocycles. The third-order valence-corrected chi connectivity index (χ3v) is 3.75. The van der Waals surface area contributed by atoms with E-state index in [1.807, 2.05) is 12.1 Å². The molecule has 0 bridgehead atoms. The first-order valence-electron chi connectivity index (χ1n) is 8.42. The quantitative estimate of drug-likeness (QED) is 0.718. The van der Waals surface area contributed by atoms with E-state index in [9.17, 15) is 14.0 Å². The Morgan fingerprint density at radius 2 is 1.56 bits per heavy atom. The van der Waals surface area contributed by atoms with Crippen molar-refractivity contribution >= 4 is 11.9 Å². The molecule has 0 saturated heterocycles. The lowest BCUT2D eigenvalue weighted by Crippen LogP contribution is -2.38. The van der Waals surface area contributed by atoms with Crippen molar-refractivity contribution in [2.75, 3.05) is 7.11 Å². The van der Waals surface area contributed by atoms with Crippen LogP contribution in [-0.4, -0.2) is 31.2 Å². The molecule has 0 aliphatic rings. The normalized spacial score (nSPS) is 12.6. The van der Waals surface area contributed by atoms with Crippen molar-refractivity contribution in [3.05, 3.63) is 59.9 Å². The molecule has 0 fully saturated rings. The Morgan fingerprint density at radius 1 is 0.963 bits per heavy atom. The minimum Gasteiger partial charge on any atom is -0.497 e. The maximum absolute atomic E-state index is 12.9. The molecule has 0 heterocycles. The van der Waals surface area contributed by atoms with Crippen molar-refractivity contribution < 1.29 is 28.2 Å². The number of amides is 1. The number of nitrogens with one attached hydrogen (secondary N) is 1. The third kappa shape index (κ3) is 6.29. The number of carbonyl (C=O) groups is 2. The zero-order valence-corrected chi connectivity index (χ0v) is 15.4. The first-order valence-corrected chi connectivity index (χ1v) is 8.42. The number of halogens is 1. The van der Waals surface area contributed by atoms with E-state index in [1.165, 1.54) is 38.1 Å². The average molecular weight is 375 g/mol. The van der Waals surface area contributed by atoms with Gasteiger partial charge in [-0.25, -0.2) is 9.18 Å². The van der Waals surface area contributed by atoms with E-state index < -0.39 is 29.9 Å². The van der Waals surface area contributed by atoms with Crippen molar-refractivity contribution in [2.24, 2.45) is 0 Å². The Bertz CT molecular complexity index is 761. The number of rotatable bonds is 8. The molecule has 0 radical (unpaired) electrons. The highest BCUT2D eigenvalue weighted by Crippen LogP contribution is 2.14. The molecule has 1 amide bonds. The molecule has 6 nitrogen and oxygen atoms in total. The number of benzene rings is 2. The number of ether oxygens (including phenoxy) is 3. The molecular weight excluding hydrogens is 353 g/mol. The van der Waals surface area contributed by atoms with Crippen molar-refractivity contribution in [3.8, 4) is 11.5 Å². The molecule has 0 aliphatic carbocycles. The molecule has 1 N–H and O–H groups in total. The molecule has 2 aromatic rings. The Morgan fingerprint density at radius 3 is 2.15 bits per heavy atom. The fourth-order valence-corrected chi connectivity index (χ4v) is 2.17. The van der Waals surface area contributed by atoms with Gasteiger partial charge in [0.2, 0.25) is 0 Å². The van der Waals surface area contributed by atoms with E-state index in [0.29, 0.717) is 12.3 Å². The van der Waals surface area contributed by atoms with Gasteiger partial charge in [-0.2, -0.15) is 0 Å². The summed E-state index contributed by atoms with van der Waals surface area (Å²) in [5.41, 5.74) is 0.885. The topological polar surface area (TPSA) is 73.9 Å². The van der Waals surface area contributed by atoms with Gasteiger partial charge in [0.25, 0.3) is 5.91 Å². The first kappa shape index (κ1) is 20.2. The van der Waals surface area contributed by atoms with Gasteiger partial charge < -0.3 is 19.5 Å². The highest BCUT2D eigenvalue weighted by atomic mass is 19.1. The molecule has 0 saturated carbocycles. The Labute approximate surface area is 157 Å². The van der Waals surface area contributed by atoms with Crippen LogP contribution in [0, 0.1) is 5.82 Å². The zero-order valence-electron chi connectivity index (χ0n) is 15.4. The summed E-state index contributed by atoms with van der Waals surface area (Å²) in [6.07, 6.45) is -1.91. The van der Waals surface area contributed by atoms with Crippen LogP contribution in [0.5, 0.6) is 11.5 Å². The van der Waals surface area contributed by atoms with E-state index in [2.05, 4.69) is 5.32 Å². The van der Waals surface area contributed by atoms with Gasteiger partial charge >= 0.3 is 5.97 Å². The van der Waals surface area contributed by atoms with Crippen molar-refractivity contribution in [1.82, 2.24) is 5.32 Å². The van der Waals surface area contributed by atoms with Crippen LogP contribution < -0.4 is 14.8 Å². The number of esters is 1. The fourth-order valence-electron chi connectivity index (χ4n) is 2.17. The molecule has 0 spiro atoms. The van der Waals surface area contributed by atoms with Crippen LogP contribution >= 0.6 is 0 Å². The Kier molecular flexibility index (Phi) is 7.16. The van der Waals surface area contributed by atoms with Crippen LogP contribution in [0.2, 0.25) is 0 Å². The maximum atomic E-state index is 12.9. The zero-order chi connectivity index (χ0) is 19.8. The second-order valence-corrected chi connectivity index (χ2v) is 5.86. The minimum absolute atomic E-state index is 0.298. The summed E-state index contributed by atoms with van der Waals surface area (Å²) >= 11 is 0. The fraction of sp³-hybridized carbons (Fsp3) is 0.300. The highest BCUT2D eigenvalue weighted by molar-refractivity contribution is 5.84. The number of carbonyl (C=O) groups excluding carboxylic acids is 2. The molecule has 2 aromatic carbocycles. The number of hydrogen-bond acceptors (Lipinski definition) is 5. The van der Waals surface area contributed by atoms with Crippen LogP contribution in [0.1, 0.15) is 19.4 Å². The van der Waals surface area contributed by atoms with E-state index >= 15 is 0 Å². The molecule has 27 heavy (non-hydrogen) atoms. The van der Waals surface area contributed by atoms with Gasteiger partial charge in [0, 0.05) is 6.54 Å². The second-order valence-electron chi connectivity index (χ2n) is 5.86. The summed E-state index contributed by atoms with van der Waals surface area (Å²) in [5.74, 6) is -0.459. The van der Waals surface area contributed by atoms with Gasteiger partial charge in [0.15, 0.2) is 12.2 Å². The molecule has 144 valence electrons. The van der Waals surface area contributed by atoms with E-state index in [-0.39, 0.29) is 0 Å². The maximum Gasteiger partial charge on any atom is 0.347 e.